The van der Waals surface area contributed by atoms with Gasteiger partial charge in [0.15, 0.2) is 0 Å². The van der Waals surface area contributed by atoms with E-state index in [0.29, 0.717) is 6.04 Å². The Morgan fingerprint density at radius 3 is 3.07 bits per heavy atom. The van der Waals surface area contributed by atoms with E-state index in [4.69, 9.17) is 9.47 Å². The van der Waals surface area contributed by atoms with Gasteiger partial charge in [-0.25, -0.2) is 0 Å². The molecule has 0 bridgehead atoms. The summed E-state index contributed by atoms with van der Waals surface area (Å²) < 4.78 is 10.6. The van der Waals surface area contributed by atoms with Crippen LogP contribution < -0.4 is 5.32 Å². The highest BCUT2D eigenvalue weighted by atomic mass is 16.5. The molecule has 2 heterocycles. The number of ether oxygens (including phenoxy) is 2. The Kier molecular flexibility index (Phi) is 3.79. The minimum absolute atomic E-state index is 0.590. The third-order valence-electron chi connectivity index (χ3n) is 3.37. The molecule has 2 fully saturated rings. The highest BCUT2D eigenvalue weighted by molar-refractivity contribution is 4.83. The van der Waals surface area contributed by atoms with Crippen molar-refractivity contribution in [3.63, 3.8) is 0 Å². The maximum Gasteiger partial charge on any atom is 0.0615 e. The third kappa shape index (κ3) is 2.69. The van der Waals surface area contributed by atoms with E-state index in [-0.39, 0.29) is 0 Å². The Morgan fingerprint density at radius 1 is 1.43 bits per heavy atom. The summed E-state index contributed by atoms with van der Waals surface area (Å²) in [7, 11) is 1.78. The molecule has 0 aromatic carbocycles. The summed E-state index contributed by atoms with van der Waals surface area (Å²) in [6, 6.07) is 0.590. The summed E-state index contributed by atoms with van der Waals surface area (Å²) in [4.78, 5) is 0. The van der Waals surface area contributed by atoms with Crippen molar-refractivity contribution in [2.75, 3.05) is 33.5 Å². The van der Waals surface area contributed by atoms with E-state index < -0.39 is 0 Å². The first-order valence-electron chi connectivity index (χ1n) is 5.68. The van der Waals surface area contributed by atoms with Crippen LogP contribution in [0.1, 0.15) is 19.3 Å². The van der Waals surface area contributed by atoms with Gasteiger partial charge in [-0.1, -0.05) is 0 Å². The van der Waals surface area contributed by atoms with Crippen LogP contribution in [0.25, 0.3) is 0 Å². The zero-order chi connectivity index (χ0) is 9.80. The Bertz CT molecular complexity index is 169. The summed E-state index contributed by atoms with van der Waals surface area (Å²) in [5.41, 5.74) is 0. The van der Waals surface area contributed by atoms with E-state index in [2.05, 4.69) is 5.32 Å². The van der Waals surface area contributed by atoms with Crippen LogP contribution >= 0.6 is 0 Å². The van der Waals surface area contributed by atoms with Gasteiger partial charge in [0.05, 0.1) is 6.61 Å². The fourth-order valence-electron chi connectivity index (χ4n) is 2.65. The fraction of sp³-hybridized carbons (Fsp3) is 1.00. The molecule has 0 aromatic heterocycles. The lowest BCUT2D eigenvalue weighted by Gasteiger charge is -2.13. The molecule has 0 saturated carbocycles. The monoisotopic (exact) mass is 199 g/mol. The molecule has 0 spiro atoms. The van der Waals surface area contributed by atoms with Crippen molar-refractivity contribution in [2.24, 2.45) is 11.8 Å². The van der Waals surface area contributed by atoms with E-state index >= 15 is 0 Å². The molecule has 0 radical (unpaired) electrons. The van der Waals surface area contributed by atoms with Crippen molar-refractivity contribution < 1.29 is 9.47 Å². The lowest BCUT2D eigenvalue weighted by Crippen LogP contribution is -2.25. The van der Waals surface area contributed by atoms with Gasteiger partial charge < -0.3 is 14.8 Å². The zero-order valence-electron chi connectivity index (χ0n) is 9.00. The molecule has 0 aliphatic carbocycles. The summed E-state index contributed by atoms with van der Waals surface area (Å²) >= 11 is 0. The van der Waals surface area contributed by atoms with Crippen LogP contribution in [0.3, 0.4) is 0 Å². The molecule has 0 amide bonds. The van der Waals surface area contributed by atoms with Crippen LogP contribution in [0.4, 0.5) is 0 Å². The average molecular weight is 199 g/mol. The van der Waals surface area contributed by atoms with Crippen LogP contribution in [0, 0.1) is 11.8 Å². The predicted octanol–water partition coefficient (Wildman–Crippen LogP) is 1.04. The molecule has 3 unspecified atom stereocenters. The first-order chi connectivity index (χ1) is 6.88. The maximum atomic E-state index is 5.40. The van der Waals surface area contributed by atoms with Crippen molar-refractivity contribution in [2.45, 2.75) is 25.3 Å². The van der Waals surface area contributed by atoms with Crippen LogP contribution in [0.15, 0.2) is 0 Å². The van der Waals surface area contributed by atoms with Crippen molar-refractivity contribution >= 4 is 0 Å². The van der Waals surface area contributed by atoms with E-state index in [9.17, 15) is 0 Å². The molecule has 82 valence electrons. The van der Waals surface area contributed by atoms with Gasteiger partial charge in [-0.15, -0.1) is 0 Å². The van der Waals surface area contributed by atoms with Gasteiger partial charge in [-0.2, -0.15) is 0 Å². The summed E-state index contributed by atoms with van der Waals surface area (Å²) in [5.74, 6) is 1.67. The third-order valence-corrected chi connectivity index (χ3v) is 3.37. The van der Waals surface area contributed by atoms with Gasteiger partial charge >= 0.3 is 0 Å². The standard InChI is InChI=1S/C11H21NO2/c1-13-8-11-5-10(6-12-11)4-9-2-3-14-7-9/h9-12H,2-8H2,1H3. The minimum atomic E-state index is 0.590. The highest BCUT2D eigenvalue weighted by Gasteiger charge is 2.27. The van der Waals surface area contributed by atoms with Gasteiger partial charge in [0.25, 0.3) is 0 Å². The highest BCUT2D eigenvalue weighted by Crippen LogP contribution is 2.26. The van der Waals surface area contributed by atoms with Gasteiger partial charge in [-0.05, 0) is 37.6 Å². The topological polar surface area (TPSA) is 30.5 Å². The molecule has 2 rings (SSSR count). The molecular weight excluding hydrogens is 178 g/mol. The molecule has 2 saturated heterocycles. The van der Waals surface area contributed by atoms with Gasteiger partial charge in [-0.3, -0.25) is 0 Å². The van der Waals surface area contributed by atoms with Gasteiger partial charge in [0.2, 0.25) is 0 Å². The van der Waals surface area contributed by atoms with Gasteiger partial charge in [0.1, 0.15) is 0 Å². The largest absolute Gasteiger partial charge is 0.383 e. The van der Waals surface area contributed by atoms with E-state index in [1.165, 1.54) is 25.8 Å². The number of hydrogen-bond donors (Lipinski definition) is 1. The van der Waals surface area contributed by atoms with Crippen molar-refractivity contribution in [1.29, 1.82) is 0 Å². The van der Waals surface area contributed by atoms with Crippen molar-refractivity contribution in [3.8, 4) is 0 Å². The quantitative estimate of drug-likeness (QED) is 0.734. The normalized spacial score (nSPS) is 37.9. The second kappa shape index (κ2) is 5.10. The summed E-state index contributed by atoms with van der Waals surface area (Å²) in [6.07, 6.45) is 3.89. The van der Waals surface area contributed by atoms with Crippen LogP contribution in [-0.4, -0.2) is 39.5 Å². The Hall–Kier alpha value is -0.120. The predicted molar refractivity (Wildman–Crippen MR) is 55.3 cm³/mol. The van der Waals surface area contributed by atoms with E-state index in [0.717, 1.165) is 31.7 Å². The average Bonchev–Trinajstić information content (AvgIpc) is 2.79. The number of rotatable bonds is 4. The first-order valence-corrected chi connectivity index (χ1v) is 5.68. The van der Waals surface area contributed by atoms with Crippen LogP contribution in [-0.2, 0) is 9.47 Å². The molecule has 3 heteroatoms. The molecule has 3 nitrogen and oxygen atoms in total. The Morgan fingerprint density at radius 2 is 2.36 bits per heavy atom. The second-order valence-electron chi connectivity index (χ2n) is 4.63. The number of hydrogen-bond acceptors (Lipinski definition) is 3. The molecule has 1 N–H and O–H groups in total. The molecular formula is C11H21NO2. The Balaban J connectivity index is 1.67. The smallest absolute Gasteiger partial charge is 0.0615 e. The summed E-state index contributed by atoms with van der Waals surface area (Å²) in [6.45, 7) is 4.00. The molecule has 3 atom stereocenters. The lowest BCUT2D eigenvalue weighted by molar-refractivity contribution is 0.169. The molecule has 2 aliphatic rings. The zero-order valence-corrected chi connectivity index (χ0v) is 9.00. The lowest BCUT2D eigenvalue weighted by atomic mass is 9.92. The second-order valence-corrected chi connectivity index (χ2v) is 4.63. The molecule has 2 aliphatic heterocycles. The number of nitrogens with one attached hydrogen (secondary N) is 1. The molecule has 14 heavy (non-hydrogen) atoms. The first kappa shape index (κ1) is 10.4. The minimum Gasteiger partial charge on any atom is -0.383 e. The summed E-state index contributed by atoms with van der Waals surface area (Å²) in [5, 5.41) is 3.52. The maximum absolute atomic E-state index is 5.40. The van der Waals surface area contributed by atoms with Crippen LogP contribution in [0.2, 0.25) is 0 Å². The fourth-order valence-corrected chi connectivity index (χ4v) is 2.65. The van der Waals surface area contributed by atoms with E-state index in [1.54, 1.807) is 7.11 Å². The van der Waals surface area contributed by atoms with Crippen molar-refractivity contribution in [3.05, 3.63) is 0 Å². The van der Waals surface area contributed by atoms with Crippen LogP contribution in [0.5, 0.6) is 0 Å². The SMILES string of the molecule is COCC1CC(CC2CCOC2)CN1. The Labute approximate surface area is 86.2 Å². The van der Waals surface area contributed by atoms with Gasteiger partial charge in [0, 0.05) is 26.4 Å². The van der Waals surface area contributed by atoms with E-state index in [1.807, 2.05) is 0 Å². The van der Waals surface area contributed by atoms with Crippen molar-refractivity contribution in [1.82, 2.24) is 5.32 Å². The molecule has 0 aromatic rings. The number of methoxy groups -OCH3 is 1.